The van der Waals surface area contributed by atoms with Crippen molar-refractivity contribution < 1.29 is 4.79 Å². The van der Waals surface area contributed by atoms with Gasteiger partial charge < -0.3 is 0 Å². The molecule has 1 heterocycles. The van der Waals surface area contributed by atoms with E-state index in [0.717, 1.165) is 11.1 Å². The minimum atomic E-state index is -0.183. The first-order valence-electron chi connectivity index (χ1n) is 5.24. The van der Waals surface area contributed by atoms with Crippen molar-refractivity contribution in [2.45, 2.75) is 0 Å². The second-order valence-corrected chi connectivity index (χ2v) is 3.67. The van der Waals surface area contributed by atoms with Gasteiger partial charge in [0.05, 0.1) is 0 Å². The van der Waals surface area contributed by atoms with Gasteiger partial charge in [0, 0.05) is 18.0 Å². The second-order valence-electron chi connectivity index (χ2n) is 3.67. The van der Waals surface area contributed by atoms with Crippen LogP contribution in [0.4, 0.5) is 5.95 Å². The Morgan fingerprint density at radius 2 is 1.94 bits per heavy atom. The summed E-state index contributed by atoms with van der Waals surface area (Å²) < 4.78 is 0. The Hall–Kier alpha value is -2.49. The van der Waals surface area contributed by atoms with Crippen LogP contribution in [0.15, 0.2) is 65.6 Å². The standard InChI is InChI=1S/C13H9N3O/c17-12(16-13-14-7-2-8-15-13)11-6-5-9-3-1-4-10(9)11/h1-8H,(H,14,15,16,17). The first-order chi connectivity index (χ1) is 8.34. The highest BCUT2D eigenvalue weighted by Crippen LogP contribution is 2.30. The van der Waals surface area contributed by atoms with Crippen molar-refractivity contribution in [1.82, 2.24) is 9.97 Å². The lowest BCUT2D eigenvalue weighted by Gasteiger charge is -2.03. The van der Waals surface area contributed by atoms with E-state index in [0.29, 0.717) is 11.5 Å². The summed E-state index contributed by atoms with van der Waals surface area (Å²) in [4.78, 5) is 19.9. The number of hydrogen-bond acceptors (Lipinski definition) is 3. The third-order valence-electron chi connectivity index (χ3n) is 2.61. The zero-order valence-corrected chi connectivity index (χ0v) is 8.92. The molecule has 0 saturated carbocycles. The van der Waals surface area contributed by atoms with Crippen LogP contribution >= 0.6 is 0 Å². The smallest absolute Gasteiger partial charge is 0.258 e. The fourth-order valence-electron chi connectivity index (χ4n) is 1.82. The lowest BCUT2D eigenvalue weighted by atomic mass is 10.1. The quantitative estimate of drug-likeness (QED) is 0.831. The molecular formula is C13H9N3O. The highest BCUT2D eigenvalue weighted by Gasteiger charge is 2.20. The number of allylic oxidation sites excluding steroid dienone is 6. The topological polar surface area (TPSA) is 54.9 Å². The molecule has 0 spiro atoms. The molecule has 0 aliphatic heterocycles. The van der Waals surface area contributed by atoms with Gasteiger partial charge in [-0.1, -0.05) is 24.3 Å². The van der Waals surface area contributed by atoms with Crippen molar-refractivity contribution in [3.63, 3.8) is 0 Å². The molecule has 2 aliphatic carbocycles. The van der Waals surface area contributed by atoms with Crippen LogP contribution in [-0.4, -0.2) is 15.9 Å². The Morgan fingerprint density at radius 3 is 2.76 bits per heavy atom. The first kappa shape index (κ1) is 9.72. The fraction of sp³-hybridized carbons (Fsp3) is 0. The maximum Gasteiger partial charge on any atom is 0.258 e. The monoisotopic (exact) mass is 223 g/mol. The van der Waals surface area contributed by atoms with Gasteiger partial charge in [0.25, 0.3) is 5.91 Å². The number of fused-ring (bicyclic) bond motifs is 1. The number of nitrogens with one attached hydrogen (secondary N) is 1. The number of aromatic nitrogens is 2. The van der Waals surface area contributed by atoms with Crippen molar-refractivity contribution in [2.24, 2.45) is 0 Å². The normalized spacial score (nSPS) is 16.1. The number of carbonyl (C=O) groups excluding carboxylic acids is 1. The molecule has 0 saturated heterocycles. The lowest BCUT2D eigenvalue weighted by Crippen LogP contribution is -2.15. The van der Waals surface area contributed by atoms with Gasteiger partial charge >= 0.3 is 0 Å². The Kier molecular flexibility index (Phi) is 2.19. The molecule has 0 radical (unpaired) electrons. The van der Waals surface area contributed by atoms with Crippen LogP contribution in [0.1, 0.15) is 0 Å². The van der Waals surface area contributed by atoms with Gasteiger partial charge in [0.2, 0.25) is 5.95 Å². The SMILES string of the molecule is O=C(Nc1ncccn1)C1=C2C=CC=C2C=C1. The number of amides is 1. The van der Waals surface area contributed by atoms with Crippen molar-refractivity contribution >= 4 is 11.9 Å². The summed E-state index contributed by atoms with van der Waals surface area (Å²) in [7, 11) is 0. The molecule has 0 aromatic carbocycles. The van der Waals surface area contributed by atoms with E-state index in [-0.39, 0.29) is 5.91 Å². The Balaban J connectivity index is 1.85. The molecule has 2 aliphatic rings. The maximum absolute atomic E-state index is 12.0. The van der Waals surface area contributed by atoms with Gasteiger partial charge in [-0.15, -0.1) is 0 Å². The molecule has 0 atom stereocenters. The van der Waals surface area contributed by atoms with Crippen molar-refractivity contribution in [2.75, 3.05) is 5.32 Å². The Morgan fingerprint density at radius 1 is 1.12 bits per heavy atom. The summed E-state index contributed by atoms with van der Waals surface area (Å²) in [6.45, 7) is 0. The molecular weight excluding hydrogens is 214 g/mol. The number of carbonyl (C=O) groups is 1. The zero-order valence-electron chi connectivity index (χ0n) is 8.92. The third-order valence-corrected chi connectivity index (χ3v) is 2.61. The van der Waals surface area contributed by atoms with E-state index in [9.17, 15) is 4.79 Å². The number of rotatable bonds is 2. The lowest BCUT2D eigenvalue weighted by molar-refractivity contribution is -0.112. The van der Waals surface area contributed by atoms with E-state index in [4.69, 9.17) is 0 Å². The minimum Gasteiger partial charge on any atom is -0.290 e. The van der Waals surface area contributed by atoms with Gasteiger partial charge in [0.15, 0.2) is 0 Å². The molecule has 0 fully saturated rings. The zero-order chi connectivity index (χ0) is 11.7. The van der Waals surface area contributed by atoms with E-state index in [1.807, 2.05) is 30.4 Å². The molecule has 3 rings (SSSR count). The average molecular weight is 223 g/mol. The van der Waals surface area contributed by atoms with Crippen molar-refractivity contribution in [3.8, 4) is 0 Å². The molecule has 17 heavy (non-hydrogen) atoms. The molecule has 1 N–H and O–H groups in total. The molecule has 0 bridgehead atoms. The van der Waals surface area contributed by atoms with E-state index < -0.39 is 0 Å². The Labute approximate surface area is 98.1 Å². The maximum atomic E-state index is 12.0. The average Bonchev–Trinajstić information content (AvgIpc) is 2.91. The van der Waals surface area contributed by atoms with Crippen LogP contribution in [0, 0.1) is 0 Å². The molecule has 4 heteroatoms. The molecule has 82 valence electrons. The molecule has 1 aromatic heterocycles. The van der Waals surface area contributed by atoms with E-state index >= 15 is 0 Å². The Bertz CT molecular complexity index is 594. The minimum absolute atomic E-state index is 0.183. The third kappa shape index (κ3) is 1.69. The number of anilines is 1. The summed E-state index contributed by atoms with van der Waals surface area (Å²) >= 11 is 0. The van der Waals surface area contributed by atoms with E-state index in [2.05, 4.69) is 15.3 Å². The van der Waals surface area contributed by atoms with E-state index in [1.54, 1.807) is 18.5 Å². The van der Waals surface area contributed by atoms with Crippen LogP contribution in [0.2, 0.25) is 0 Å². The second kappa shape index (κ2) is 3.83. The van der Waals surface area contributed by atoms with E-state index in [1.165, 1.54) is 0 Å². The van der Waals surface area contributed by atoms with Crippen LogP contribution in [0.3, 0.4) is 0 Å². The summed E-state index contributed by atoms with van der Waals surface area (Å²) in [5, 5.41) is 2.67. The van der Waals surface area contributed by atoms with Gasteiger partial charge in [-0.3, -0.25) is 10.1 Å². The summed E-state index contributed by atoms with van der Waals surface area (Å²) in [6.07, 6.45) is 12.7. The van der Waals surface area contributed by atoms with Gasteiger partial charge in [0.1, 0.15) is 0 Å². The van der Waals surface area contributed by atoms with Crippen molar-refractivity contribution in [1.29, 1.82) is 0 Å². The van der Waals surface area contributed by atoms with Gasteiger partial charge in [-0.05, 0) is 23.3 Å². The van der Waals surface area contributed by atoms with Gasteiger partial charge in [-0.25, -0.2) is 9.97 Å². The fourth-order valence-corrected chi connectivity index (χ4v) is 1.82. The molecule has 4 nitrogen and oxygen atoms in total. The summed E-state index contributed by atoms with van der Waals surface area (Å²) in [5.41, 5.74) is 2.68. The van der Waals surface area contributed by atoms with Gasteiger partial charge in [-0.2, -0.15) is 0 Å². The molecule has 0 unspecified atom stereocenters. The van der Waals surface area contributed by atoms with Crippen molar-refractivity contribution in [3.05, 3.63) is 65.6 Å². The predicted octanol–water partition coefficient (Wildman–Crippen LogP) is 1.78. The van der Waals surface area contributed by atoms with Crippen LogP contribution in [0.5, 0.6) is 0 Å². The predicted molar refractivity (Wildman–Crippen MR) is 64.1 cm³/mol. The van der Waals surface area contributed by atoms with Crippen LogP contribution < -0.4 is 5.32 Å². The summed E-state index contributed by atoms with van der Waals surface area (Å²) in [5.74, 6) is 0.135. The molecule has 1 amide bonds. The van der Waals surface area contributed by atoms with Crippen LogP contribution in [0.25, 0.3) is 0 Å². The summed E-state index contributed by atoms with van der Waals surface area (Å²) in [6, 6.07) is 1.70. The van der Waals surface area contributed by atoms with Crippen LogP contribution in [-0.2, 0) is 4.79 Å². The number of hydrogen-bond donors (Lipinski definition) is 1. The largest absolute Gasteiger partial charge is 0.290 e. The highest BCUT2D eigenvalue weighted by atomic mass is 16.1. The first-order valence-corrected chi connectivity index (χ1v) is 5.24. The highest BCUT2D eigenvalue weighted by molar-refractivity contribution is 6.07. The number of nitrogens with zero attached hydrogens (tertiary/aromatic N) is 2. The molecule has 1 aromatic rings.